The number of benzene rings is 1. The van der Waals surface area contributed by atoms with Gasteiger partial charge in [-0.3, -0.25) is 9.69 Å². The SMILES string of the molecule is NCC(c1ccccc1Br)N1CCN2C(=O)CCC2C1. The van der Waals surface area contributed by atoms with Gasteiger partial charge in [-0.2, -0.15) is 0 Å². The third kappa shape index (κ3) is 2.50. The van der Waals surface area contributed by atoms with Crippen molar-refractivity contribution in [1.82, 2.24) is 9.80 Å². The van der Waals surface area contributed by atoms with Crippen LogP contribution in [0.15, 0.2) is 28.7 Å². The Morgan fingerprint density at radius 2 is 2.15 bits per heavy atom. The molecule has 1 amide bonds. The van der Waals surface area contributed by atoms with Gasteiger partial charge in [0.1, 0.15) is 0 Å². The number of fused-ring (bicyclic) bond motifs is 1. The van der Waals surface area contributed by atoms with E-state index >= 15 is 0 Å². The lowest BCUT2D eigenvalue weighted by atomic mass is 10.0. The van der Waals surface area contributed by atoms with E-state index in [-0.39, 0.29) is 6.04 Å². The summed E-state index contributed by atoms with van der Waals surface area (Å²) in [6, 6.07) is 8.88. The minimum absolute atomic E-state index is 0.225. The van der Waals surface area contributed by atoms with Crippen molar-refractivity contribution in [1.29, 1.82) is 0 Å². The van der Waals surface area contributed by atoms with Crippen LogP contribution in [-0.2, 0) is 4.79 Å². The first-order valence-corrected chi connectivity index (χ1v) is 7.98. The average molecular weight is 338 g/mol. The molecule has 0 aliphatic carbocycles. The quantitative estimate of drug-likeness (QED) is 0.914. The fourth-order valence-electron chi connectivity index (χ4n) is 3.39. The Hall–Kier alpha value is -0.910. The first kappa shape index (κ1) is 14.0. The van der Waals surface area contributed by atoms with Gasteiger partial charge in [0, 0.05) is 49.2 Å². The summed E-state index contributed by atoms with van der Waals surface area (Å²) < 4.78 is 1.11. The van der Waals surface area contributed by atoms with Gasteiger partial charge in [0.15, 0.2) is 0 Å². The van der Waals surface area contributed by atoms with Crippen LogP contribution >= 0.6 is 15.9 Å². The van der Waals surface area contributed by atoms with Gasteiger partial charge in [-0.25, -0.2) is 0 Å². The third-order valence-electron chi connectivity index (χ3n) is 4.45. The standard InChI is InChI=1S/C15H20BrN3O/c16-13-4-2-1-3-12(13)14(9-17)18-7-8-19-11(10-18)5-6-15(19)20/h1-4,11,14H,5-10,17H2. The van der Waals surface area contributed by atoms with Crippen LogP contribution in [0.4, 0.5) is 0 Å². The molecule has 5 heteroatoms. The highest BCUT2D eigenvalue weighted by molar-refractivity contribution is 9.10. The van der Waals surface area contributed by atoms with Gasteiger partial charge in [-0.1, -0.05) is 34.1 Å². The molecule has 0 spiro atoms. The Balaban J connectivity index is 1.78. The van der Waals surface area contributed by atoms with E-state index in [0.717, 1.165) is 30.5 Å². The molecule has 1 aromatic carbocycles. The lowest BCUT2D eigenvalue weighted by molar-refractivity contribution is -0.131. The Bertz CT molecular complexity index is 508. The molecule has 2 unspecified atom stereocenters. The number of carbonyl (C=O) groups excluding carboxylic acids is 1. The molecule has 2 fully saturated rings. The Morgan fingerprint density at radius 3 is 2.90 bits per heavy atom. The smallest absolute Gasteiger partial charge is 0.222 e. The van der Waals surface area contributed by atoms with Gasteiger partial charge < -0.3 is 10.6 Å². The van der Waals surface area contributed by atoms with Crippen LogP contribution in [0.1, 0.15) is 24.4 Å². The van der Waals surface area contributed by atoms with E-state index in [0.29, 0.717) is 24.9 Å². The normalized spacial score (nSPS) is 24.8. The molecule has 0 bridgehead atoms. The minimum Gasteiger partial charge on any atom is -0.337 e. The zero-order chi connectivity index (χ0) is 14.1. The lowest BCUT2D eigenvalue weighted by Crippen LogP contribution is -2.53. The predicted molar refractivity (Wildman–Crippen MR) is 82.2 cm³/mol. The van der Waals surface area contributed by atoms with Gasteiger partial charge in [0.2, 0.25) is 5.91 Å². The summed E-state index contributed by atoms with van der Waals surface area (Å²) in [5.74, 6) is 0.319. The zero-order valence-corrected chi connectivity index (χ0v) is 13.1. The van der Waals surface area contributed by atoms with Crippen LogP contribution in [0.3, 0.4) is 0 Å². The van der Waals surface area contributed by atoms with E-state index in [1.165, 1.54) is 5.56 Å². The second kappa shape index (κ2) is 5.84. The summed E-state index contributed by atoms with van der Waals surface area (Å²) in [5, 5.41) is 0. The number of amides is 1. The molecule has 2 heterocycles. The van der Waals surface area contributed by atoms with Crippen LogP contribution in [0.2, 0.25) is 0 Å². The van der Waals surface area contributed by atoms with Crippen molar-refractivity contribution >= 4 is 21.8 Å². The maximum Gasteiger partial charge on any atom is 0.222 e. The summed E-state index contributed by atoms with van der Waals surface area (Å²) in [6.45, 7) is 3.29. The molecule has 0 saturated carbocycles. The van der Waals surface area contributed by atoms with Crippen LogP contribution in [-0.4, -0.2) is 47.9 Å². The number of rotatable bonds is 3. The number of carbonyl (C=O) groups is 1. The topological polar surface area (TPSA) is 49.6 Å². The van der Waals surface area contributed by atoms with Gasteiger partial charge in [-0.05, 0) is 18.1 Å². The highest BCUT2D eigenvalue weighted by Crippen LogP contribution is 2.31. The molecule has 2 N–H and O–H groups in total. The molecule has 20 heavy (non-hydrogen) atoms. The summed E-state index contributed by atoms with van der Waals surface area (Å²) in [5.41, 5.74) is 7.27. The van der Waals surface area contributed by atoms with E-state index in [9.17, 15) is 4.79 Å². The summed E-state index contributed by atoms with van der Waals surface area (Å²) in [6.07, 6.45) is 1.70. The second-order valence-electron chi connectivity index (χ2n) is 5.55. The fraction of sp³-hybridized carbons (Fsp3) is 0.533. The molecule has 108 valence electrons. The fourth-order valence-corrected chi connectivity index (χ4v) is 3.94. The number of hydrogen-bond donors (Lipinski definition) is 1. The first-order chi connectivity index (χ1) is 9.70. The van der Waals surface area contributed by atoms with Crippen LogP contribution in [0.25, 0.3) is 0 Å². The van der Waals surface area contributed by atoms with E-state index < -0.39 is 0 Å². The number of hydrogen-bond acceptors (Lipinski definition) is 3. The van der Waals surface area contributed by atoms with Crippen LogP contribution in [0, 0.1) is 0 Å². The largest absolute Gasteiger partial charge is 0.337 e. The molecular weight excluding hydrogens is 318 g/mol. The molecule has 2 aliphatic rings. The van der Waals surface area contributed by atoms with Crippen molar-refractivity contribution in [2.24, 2.45) is 5.73 Å². The van der Waals surface area contributed by atoms with Gasteiger partial charge in [0.05, 0.1) is 0 Å². The maximum absolute atomic E-state index is 11.8. The van der Waals surface area contributed by atoms with Crippen LogP contribution < -0.4 is 5.73 Å². The Kier molecular flexibility index (Phi) is 4.10. The molecule has 1 aromatic rings. The predicted octanol–water partition coefficient (Wildman–Crippen LogP) is 1.76. The van der Waals surface area contributed by atoms with Gasteiger partial charge in [-0.15, -0.1) is 0 Å². The molecule has 0 aromatic heterocycles. The summed E-state index contributed by atoms with van der Waals surface area (Å²) in [4.78, 5) is 16.2. The lowest BCUT2D eigenvalue weighted by Gasteiger charge is -2.41. The Labute approximate surface area is 128 Å². The third-order valence-corrected chi connectivity index (χ3v) is 5.18. The van der Waals surface area contributed by atoms with Crippen LogP contribution in [0.5, 0.6) is 0 Å². The summed E-state index contributed by atoms with van der Waals surface area (Å²) >= 11 is 3.62. The van der Waals surface area contributed by atoms with E-state index in [1.54, 1.807) is 0 Å². The number of piperazine rings is 1. The molecule has 2 aliphatic heterocycles. The second-order valence-corrected chi connectivity index (χ2v) is 6.40. The molecule has 4 nitrogen and oxygen atoms in total. The molecule has 3 rings (SSSR count). The van der Waals surface area contributed by atoms with Crippen molar-refractivity contribution in [2.75, 3.05) is 26.2 Å². The highest BCUT2D eigenvalue weighted by atomic mass is 79.9. The first-order valence-electron chi connectivity index (χ1n) is 7.18. The van der Waals surface area contributed by atoms with Crippen molar-refractivity contribution in [3.05, 3.63) is 34.3 Å². The van der Waals surface area contributed by atoms with E-state index in [4.69, 9.17) is 5.73 Å². The monoisotopic (exact) mass is 337 g/mol. The molecular formula is C15H20BrN3O. The van der Waals surface area contributed by atoms with E-state index in [1.807, 2.05) is 11.0 Å². The van der Waals surface area contributed by atoms with Gasteiger partial charge >= 0.3 is 0 Å². The molecule has 2 atom stereocenters. The number of nitrogens with two attached hydrogens (primary N) is 1. The number of halogens is 1. The number of nitrogens with zero attached hydrogens (tertiary/aromatic N) is 2. The highest BCUT2D eigenvalue weighted by Gasteiger charge is 2.37. The minimum atomic E-state index is 0.225. The van der Waals surface area contributed by atoms with Crippen molar-refractivity contribution in [3.8, 4) is 0 Å². The van der Waals surface area contributed by atoms with Gasteiger partial charge in [0.25, 0.3) is 0 Å². The molecule has 2 saturated heterocycles. The zero-order valence-electron chi connectivity index (χ0n) is 11.5. The molecule has 0 radical (unpaired) electrons. The Morgan fingerprint density at radius 1 is 1.35 bits per heavy atom. The average Bonchev–Trinajstić information content (AvgIpc) is 2.83. The van der Waals surface area contributed by atoms with Crippen molar-refractivity contribution in [3.63, 3.8) is 0 Å². The van der Waals surface area contributed by atoms with Crippen molar-refractivity contribution in [2.45, 2.75) is 24.9 Å². The van der Waals surface area contributed by atoms with Crippen molar-refractivity contribution < 1.29 is 4.79 Å². The van der Waals surface area contributed by atoms with E-state index in [2.05, 4.69) is 39.0 Å². The maximum atomic E-state index is 11.8. The summed E-state index contributed by atoms with van der Waals surface area (Å²) in [7, 11) is 0.